The van der Waals surface area contributed by atoms with Crippen molar-refractivity contribution in [3.05, 3.63) is 39.9 Å². The molecule has 104 valence electrons. The minimum atomic E-state index is -0.421. The molecule has 0 fully saturated rings. The Morgan fingerprint density at radius 3 is 2.53 bits per heavy atom. The molecule has 0 aliphatic carbocycles. The Kier molecular flexibility index (Phi) is 5.44. The van der Waals surface area contributed by atoms with E-state index in [0.717, 1.165) is 0 Å². The molecule has 0 saturated carbocycles. The van der Waals surface area contributed by atoms with Gasteiger partial charge in [-0.3, -0.25) is 14.9 Å². The summed E-state index contributed by atoms with van der Waals surface area (Å²) < 4.78 is 0. The van der Waals surface area contributed by atoms with Crippen molar-refractivity contribution < 1.29 is 9.72 Å². The summed E-state index contributed by atoms with van der Waals surface area (Å²) in [5.74, 6) is -0.117. The number of nitro benzene ring substituents is 1. The zero-order chi connectivity index (χ0) is 14.4. The fraction of sp³-hybridized carbons (Fsp3) is 0.462. The number of nitrogens with zero attached hydrogens (tertiary/aromatic N) is 1. The van der Waals surface area contributed by atoms with E-state index >= 15 is 0 Å². The van der Waals surface area contributed by atoms with Crippen LogP contribution >= 0.6 is 0 Å². The van der Waals surface area contributed by atoms with Gasteiger partial charge in [0.2, 0.25) is 5.91 Å². The zero-order valence-electron chi connectivity index (χ0n) is 11.3. The lowest BCUT2D eigenvalue weighted by atomic mass is 10.1. The van der Waals surface area contributed by atoms with E-state index < -0.39 is 11.0 Å². The maximum Gasteiger partial charge on any atom is 0.273 e. The van der Waals surface area contributed by atoms with Crippen LogP contribution in [0.15, 0.2) is 24.3 Å². The first-order valence-electron chi connectivity index (χ1n) is 6.18. The molecule has 19 heavy (non-hydrogen) atoms. The molecule has 2 N–H and O–H groups in total. The van der Waals surface area contributed by atoms with Crippen molar-refractivity contribution in [3.63, 3.8) is 0 Å². The van der Waals surface area contributed by atoms with Crippen LogP contribution in [0.2, 0.25) is 0 Å². The second-order valence-electron chi connectivity index (χ2n) is 4.65. The monoisotopic (exact) mass is 265 g/mol. The van der Waals surface area contributed by atoms with Gasteiger partial charge in [-0.05, 0) is 20.8 Å². The molecule has 0 bridgehead atoms. The summed E-state index contributed by atoms with van der Waals surface area (Å²) in [5, 5.41) is 16.6. The lowest BCUT2D eigenvalue weighted by Crippen LogP contribution is -2.44. The summed E-state index contributed by atoms with van der Waals surface area (Å²) in [6.45, 7) is 5.77. The van der Waals surface area contributed by atoms with Crippen LogP contribution < -0.4 is 10.6 Å². The Labute approximate surface area is 112 Å². The van der Waals surface area contributed by atoms with Crippen LogP contribution in [0.3, 0.4) is 0 Å². The van der Waals surface area contributed by atoms with Gasteiger partial charge in [0, 0.05) is 24.2 Å². The number of nitro groups is 1. The first-order chi connectivity index (χ1) is 8.91. The largest absolute Gasteiger partial charge is 0.353 e. The molecule has 1 unspecified atom stereocenters. The summed E-state index contributed by atoms with van der Waals surface area (Å²) in [4.78, 5) is 22.1. The van der Waals surface area contributed by atoms with Crippen molar-refractivity contribution >= 4 is 11.6 Å². The predicted octanol–water partition coefficient (Wildman–Crippen LogP) is 1.60. The Morgan fingerprint density at radius 2 is 1.95 bits per heavy atom. The lowest BCUT2D eigenvalue weighted by molar-refractivity contribution is -0.385. The standard InChI is InChI=1S/C13H19N3O3/c1-9(2)15-13(17)10(3)14-8-11-6-4-5-7-12(11)16(18)19/h4-7,9-10,14H,8H2,1-3H3,(H,15,17). The van der Waals surface area contributed by atoms with Gasteiger partial charge in [0.05, 0.1) is 11.0 Å². The van der Waals surface area contributed by atoms with Gasteiger partial charge < -0.3 is 10.6 Å². The highest BCUT2D eigenvalue weighted by molar-refractivity contribution is 5.81. The molecule has 0 radical (unpaired) electrons. The molecule has 0 aliphatic heterocycles. The number of rotatable bonds is 6. The molecule has 1 atom stereocenters. The van der Waals surface area contributed by atoms with Crippen molar-refractivity contribution in [1.29, 1.82) is 0 Å². The summed E-state index contributed by atoms with van der Waals surface area (Å²) in [6, 6.07) is 6.16. The number of benzene rings is 1. The van der Waals surface area contributed by atoms with E-state index in [1.165, 1.54) is 6.07 Å². The topological polar surface area (TPSA) is 84.3 Å². The average Bonchev–Trinajstić information content (AvgIpc) is 2.35. The highest BCUT2D eigenvalue weighted by atomic mass is 16.6. The molecule has 1 aromatic rings. The number of carbonyl (C=O) groups is 1. The smallest absolute Gasteiger partial charge is 0.273 e. The van der Waals surface area contributed by atoms with Gasteiger partial charge in [-0.25, -0.2) is 0 Å². The fourth-order valence-electron chi connectivity index (χ4n) is 1.60. The summed E-state index contributed by atoms with van der Waals surface area (Å²) in [7, 11) is 0. The Bertz CT molecular complexity index is 460. The third kappa shape index (κ3) is 4.67. The van der Waals surface area contributed by atoms with E-state index in [9.17, 15) is 14.9 Å². The number of nitrogens with one attached hydrogen (secondary N) is 2. The van der Waals surface area contributed by atoms with Gasteiger partial charge in [-0.1, -0.05) is 18.2 Å². The van der Waals surface area contributed by atoms with E-state index in [0.29, 0.717) is 5.56 Å². The van der Waals surface area contributed by atoms with Crippen LogP contribution in [0.5, 0.6) is 0 Å². The highest BCUT2D eigenvalue weighted by Crippen LogP contribution is 2.17. The number of para-hydroxylation sites is 1. The second-order valence-corrected chi connectivity index (χ2v) is 4.65. The summed E-state index contributed by atoms with van der Waals surface area (Å²) >= 11 is 0. The molecular weight excluding hydrogens is 246 g/mol. The zero-order valence-corrected chi connectivity index (χ0v) is 11.3. The van der Waals surface area contributed by atoms with Crippen LogP contribution in [0, 0.1) is 10.1 Å². The SMILES string of the molecule is CC(C)NC(=O)C(C)NCc1ccccc1[N+](=O)[O-]. The first kappa shape index (κ1) is 15.1. The second kappa shape index (κ2) is 6.84. The van der Waals surface area contributed by atoms with Gasteiger partial charge in [0.25, 0.3) is 5.69 Å². The molecule has 0 spiro atoms. The van der Waals surface area contributed by atoms with E-state index in [4.69, 9.17) is 0 Å². The van der Waals surface area contributed by atoms with E-state index in [-0.39, 0.29) is 24.2 Å². The van der Waals surface area contributed by atoms with Crippen molar-refractivity contribution in [2.75, 3.05) is 0 Å². The molecule has 6 heteroatoms. The number of hydrogen-bond donors (Lipinski definition) is 2. The van der Waals surface area contributed by atoms with Crippen LogP contribution in [-0.2, 0) is 11.3 Å². The third-order valence-electron chi connectivity index (χ3n) is 2.61. The Balaban J connectivity index is 2.62. The molecule has 0 aliphatic rings. The van der Waals surface area contributed by atoms with Crippen LogP contribution in [0.4, 0.5) is 5.69 Å². The minimum Gasteiger partial charge on any atom is -0.353 e. The Morgan fingerprint density at radius 1 is 1.32 bits per heavy atom. The number of amides is 1. The molecule has 1 aromatic carbocycles. The molecule has 0 saturated heterocycles. The van der Waals surface area contributed by atoms with Crippen molar-refractivity contribution in [2.24, 2.45) is 0 Å². The van der Waals surface area contributed by atoms with Crippen molar-refractivity contribution in [2.45, 2.75) is 39.4 Å². The maximum atomic E-state index is 11.7. The molecule has 1 rings (SSSR count). The van der Waals surface area contributed by atoms with Crippen molar-refractivity contribution in [1.82, 2.24) is 10.6 Å². The first-order valence-corrected chi connectivity index (χ1v) is 6.18. The number of carbonyl (C=O) groups excluding carboxylic acids is 1. The van der Waals surface area contributed by atoms with Gasteiger partial charge in [-0.2, -0.15) is 0 Å². The van der Waals surface area contributed by atoms with E-state index in [2.05, 4.69) is 10.6 Å². The normalized spacial score (nSPS) is 12.2. The minimum absolute atomic E-state index is 0.0615. The molecule has 6 nitrogen and oxygen atoms in total. The predicted molar refractivity (Wildman–Crippen MR) is 72.7 cm³/mol. The van der Waals surface area contributed by atoms with Crippen LogP contribution in [0.25, 0.3) is 0 Å². The maximum absolute atomic E-state index is 11.7. The molecule has 0 heterocycles. The summed E-state index contributed by atoms with van der Waals surface area (Å²) in [6.07, 6.45) is 0. The Hall–Kier alpha value is -1.95. The number of hydrogen-bond acceptors (Lipinski definition) is 4. The lowest BCUT2D eigenvalue weighted by Gasteiger charge is -2.16. The van der Waals surface area contributed by atoms with Crippen LogP contribution in [-0.4, -0.2) is 22.9 Å². The van der Waals surface area contributed by atoms with Gasteiger partial charge >= 0.3 is 0 Å². The molecular formula is C13H19N3O3. The molecule has 1 amide bonds. The van der Waals surface area contributed by atoms with Crippen molar-refractivity contribution in [3.8, 4) is 0 Å². The highest BCUT2D eigenvalue weighted by Gasteiger charge is 2.16. The average molecular weight is 265 g/mol. The molecule has 0 aromatic heterocycles. The van der Waals surface area contributed by atoms with Gasteiger partial charge in [0.1, 0.15) is 0 Å². The fourth-order valence-corrected chi connectivity index (χ4v) is 1.60. The summed E-state index contributed by atoms with van der Waals surface area (Å²) in [5.41, 5.74) is 0.628. The van der Waals surface area contributed by atoms with E-state index in [1.807, 2.05) is 13.8 Å². The van der Waals surface area contributed by atoms with E-state index in [1.54, 1.807) is 25.1 Å². The third-order valence-corrected chi connectivity index (χ3v) is 2.61. The van der Waals surface area contributed by atoms with Gasteiger partial charge in [-0.15, -0.1) is 0 Å². The quantitative estimate of drug-likeness (QED) is 0.604. The van der Waals surface area contributed by atoms with Gasteiger partial charge in [0.15, 0.2) is 0 Å². The van der Waals surface area contributed by atoms with Crippen LogP contribution in [0.1, 0.15) is 26.3 Å².